The van der Waals surface area contributed by atoms with Gasteiger partial charge in [0, 0.05) is 12.6 Å². The van der Waals surface area contributed by atoms with Crippen molar-refractivity contribution in [3.05, 3.63) is 18.2 Å². The van der Waals surface area contributed by atoms with Gasteiger partial charge in [-0.1, -0.05) is 19.3 Å². The molecular formula is C21H32ClNO3. The molecule has 1 aromatic rings. The van der Waals surface area contributed by atoms with Crippen molar-refractivity contribution in [2.24, 2.45) is 11.8 Å². The molecule has 0 N–H and O–H groups in total. The molecule has 0 unspecified atom stereocenters. The number of likely N-dealkylation sites (tertiary alicyclic amines) is 1. The summed E-state index contributed by atoms with van der Waals surface area (Å²) in [6, 6.07) is 5.84. The smallest absolute Gasteiger partial charge is 0.231 e. The van der Waals surface area contributed by atoms with Crippen molar-refractivity contribution in [1.29, 1.82) is 0 Å². The third-order valence-corrected chi connectivity index (χ3v) is 6.09. The van der Waals surface area contributed by atoms with Crippen molar-refractivity contribution < 1.29 is 14.2 Å². The summed E-state index contributed by atoms with van der Waals surface area (Å²) < 4.78 is 16.7. The van der Waals surface area contributed by atoms with E-state index in [1.807, 2.05) is 18.2 Å². The van der Waals surface area contributed by atoms with Crippen LogP contribution >= 0.6 is 12.4 Å². The Bertz CT molecular complexity index is 554. The van der Waals surface area contributed by atoms with Gasteiger partial charge in [-0.15, -0.1) is 12.4 Å². The minimum Gasteiger partial charge on any atom is -0.493 e. The molecule has 0 bridgehead atoms. The second kappa shape index (κ2) is 9.70. The van der Waals surface area contributed by atoms with Crippen molar-refractivity contribution in [2.75, 3.05) is 33.0 Å². The molecule has 2 fully saturated rings. The summed E-state index contributed by atoms with van der Waals surface area (Å²) in [5, 5.41) is 0. The van der Waals surface area contributed by atoms with Gasteiger partial charge in [0.25, 0.3) is 0 Å². The van der Waals surface area contributed by atoms with Gasteiger partial charge in [-0.3, -0.25) is 0 Å². The van der Waals surface area contributed by atoms with Gasteiger partial charge >= 0.3 is 0 Å². The standard InChI is InChI=1S/C21H31NO3.ClH/c1-2-4-18(5-3-1)15-22-11-8-17(9-12-22)10-13-23-19-6-7-20-21(14-19)25-16-24-20;/h6-7,14,17-18H,1-5,8-13,15-16H2;1H. The second-order valence-corrected chi connectivity index (χ2v) is 7.90. The summed E-state index contributed by atoms with van der Waals surface area (Å²) in [6.07, 6.45) is 11.1. The Morgan fingerprint density at radius 2 is 1.69 bits per heavy atom. The Morgan fingerprint density at radius 1 is 0.923 bits per heavy atom. The molecule has 0 radical (unpaired) electrons. The van der Waals surface area contributed by atoms with E-state index in [0.29, 0.717) is 6.79 Å². The monoisotopic (exact) mass is 381 g/mol. The zero-order valence-electron chi connectivity index (χ0n) is 15.7. The van der Waals surface area contributed by atoms with Crippen LogP contribution in [-0.4, -0.2) is 37.9 Å². The summed E-state index contributed by atoms with van der Waals surface area (Å²) in [5.74, 6) is 4.29. The number of benzene rings is 1. The molecular weight excluding hydrogens is 350 g/mol. The van der Waals surface area contributed by atoms with Crippen LogP contribution in [0.4, 0.5) is 0 Å². The lowest BCUT2D eigenvalue weighted by Gasteiger charge is -2.35. The number of hydrogen-bond donors (Lipinski definition) is 0. The molecule has 0 spiro atoms. The predicted octanol–water partition coefficient (Wildman–Crippen LogP) is 4.90. The topological polar surface area (TPSA) is 30.9 Å². The quantitative estimate of drug-likeness (QED) is 0.701. The van der Waals surface area contributed by atoms with Crippen LogP contribution in [-0.2, 0) is 0 Å². The fourth-order valence-electron chi connectivity index (χ4n) is 4.50. The maximum atomic E-state index is 5.93. The number of hydrogen-bond acceptors (Lipinski definition) is 4. The Hall–Kier alpha value is -1.13. The number of halogens is 1. The normalized spacial score (nSPS) is 21.4. The Morgan fingerprint density at radius 3 is 2.50 bits per heavy atom. The van der Waals surface area contributed by atoms with Crippen LogP contribution < -0.4 is 14.2 Å². The van der Waals surface area contributed by atoms with Crippen LogP contribution in [0.3, 0.4) is 0 Å². The molecule has 1 aromatic carbocycles. The van der Waals surface area contributed by atoms with E-state index in [-0.39, 0.29) is 12.4 Å². The van der Waals surface area contributed by atoms with Crippen LogP contribution in [0.2, 0.25) is 0 Å². The van der Waals surface area contributed by atoms with Gasteiger partial charge in [0.2, 0.25) is 6.79 Å². The van der Waals surface area contributed by atoms with Crippen molar-refractivity contribution >= 4 is 12.4 Å². The molecule has 0 atom stereocenters. The van der Waals surface area contributed by atoms with Gasteiger partial charge in [0.15, 0.2) is 11.5 Å². The van der Waals surface area contributed by atoms with Gasteiger partial charge in [-0.05, 0) is 69.2 Å². The Labute approximate surface area is 163 Å². The molecule has 1 aliphatic carbocycles. The summed E-state index contributed by atoms with van der Waals surface area (Å²) in [4.78, 5) is 2.71. The highest BCUT2D eigenvalue weighted by molar-refractivity contribution is 5.85. The molecule has 5 heteroatoms. The van der Waals surface area contributed by atoms with E-state index in [4.69, 9.17) is 14.2 Å². The first kappa shape index (κ1) is 19.6. The predicted molar refractivity (Wildman–Crippen MR) is 106 cm³/mol. The summed E-state index contributed by atoms with van der Waals surface area (Å²) in [6.45, 7) is 5.03. The third-order valence-electron chi connectivity index (χ3n) is 6.09. The van der Waals surface area contributed by atoms with E-state index >= 15 is 0 Å². The highest BCUT2D eigenvalue weighted by Crippen LogP contribution is 2.35. The van der Waals surface area contributed by atoms with Crippen molar-refractivity contribution in [1.82, 2.24) is 4.90 Å². The molecule has 2 aliphatic heterocycles. The SMILES string of the molecule is Cl.c1cc2c(cc1OCCC1CCN(CC3CCCCC3)CC1)OCO2. The highest BCUT2D eigenvalue weighted by Gasteiger charge is 2.23. The van der Waals surface area contributed by atoms with E-state index in [0.717, 1.165) is 42.1 Å². The average molecular weight is 382 g/mol. The molecule has 3 aliphatic rings. The highest BCUT2D eigenvalue weighted by atomic mass is 35.5. The maximum absolute atomic E-state index is 5.93. The lowest BCUT2D eigenvalue weighted by Crippen LogP contribution is -2.37. The first-order valence-electron chi connectivity index (χ1n) is 10.1. The zero-order valence-corrected chi connectivity index (χ0v) is 16.5. The molecule has 4 rings (SSSR count). The number of fused-ring (bicyclic) bond motifs is 1. The van der Waals surface area contributed by atoms with Crippen LogP contribution in [0.5, 0.6) is 17.2 Å². The number of nitrogens with zero attached hydrogens (tertiary/aromatic N) is 1. The van der Waals surface area contributed by atoms with Gasteiger partial charge in [-0.2, -0.15) is 0 Å². The molecule has 4 nitrogen and oxygen atoms in total. The van der Waals surface area contributed by atoms with Gasteiger partial charge in [-0.25, -0.2) is 0 Å². The van der Waals surface area contributed by atoms with Crippen molar-refractivity contribution in [3.8, 4) is 17.2 Å². The van der Waals surface area contributed by atoms with E-state index in [9.17, 15) is 0 Å². The molecule has 1 saturated carbocycles. The summed E-state index contributed by atoms with van der Waals surface area (Å²) in [5.41, 5.74) is 0. The number of ether oxygens (including phenoxy) is 3. The molecule has 26 heavy (non-hydrogen) atoms. The van der Waals surface area contributed by atoms with E-state index in [1.54, 1.807) is 0 Å². The Balaban J connectivity index is 0.00000196. The molecule has 0 amide bonds. The van der Waals surface area contributed by atoms with Crippen LogP contribution in [0.25, 0.3) is 0 Å². The summed E-state index contributed by atoms with van der Waals surface area (Å²) >= 11 is 0. The van der Waals surface area contributed by atoms with Gasteiger partial charge in [0.1, 0.15) is 5.75 Å². The van der Waals surface area contributed by atoms with E-state index in [1.165, 1.54) is 64.6 Å². The molecule has 1 saturated heterocycles. The lowest BCUT2D eigenvalue weighted by molar-refractivity contribution is 0.134. The van der Waals surface area contributed by atoms with Crippen LogP contribution in [0, 0.1) is 11.8 Å². The molecule has 0 aromatic heterocycles. The van der Waals surface area contributed by atoms with Gasteiger partial charge in [0.05, 0.1) is 6.61 Å². The van der Waals surface area contributed by atoms with Crippen molar-refractivity contribution in [3.63, 3.8) is 0 Å². The minimum atomic E-state index is 0. The lowest BCUT2D eigenvalue weighted by atomic mass is 9.87. The number of rotatable bonds is 6. The molecule has 2 heterocycles. The molecule has 146 valence electrons. The number of piperidine rings is 1. The minimum absolute atomic E-state index is 0. The fourth-order valence-corrected chi connectivity index (χ4v) is 4.50. The van der Waals surface area contributed by atoms with E-state index in [2.05, 4.69) is 4.90 Å². The van der Waals surface area contributed by atoms with E-state index < -0.39 is 0 Å². The zero-order chi connectivity index (χ0) is 16.9. The van der Waals surface area contributed by atoms with Gasteiger partial charge < -0.3 is 19.1 Å². The fraction of sp³-hybridized carbons (Fsp3) is 0.714. The Kier molecular flexibility index (Phi) is 7.32. The largest absolute Gasteiger partial charge is 0.493 e. The van der Waals surface area contributed by atoms with Crippen LogP contribution in [0.1, 0.15) is 51.4 Å². The first-order chi connectivity index (χ1) is 12.4. The summed E-state index contributed by atoms with van der Waals surface area (Å²) in [7, 11) is 0. The van der Waals surface area contributed by atoms with Crippen molar-refractivity contribution in [2.45, 2.75) is 51.4 Å². The third kappa shape index (κ3) is 5.20. The van der Waals surface area contributed by atoms with Crippen LogP contribution in [0.15, 0.2) is 18.2 Å². The maximum Gasteiger partial charge on any atom is 0.231 e. The first-order valence-corrected chi connectivity index (χ1v) is 10.1. The average Bonchev–Trinajstić information content (AvgIpc) is 3.12. The second-order valence-electron chi connectivity index (χ2n) is 7.90.